The third kappa shape index (κ3) is 3.88. The zero-order valence-corrected chi connectivity index (χ0v) is 24.1. The van der Waals surface area contributed by atoms with Crippen molar-refractivity contribution in [2.45, 2.75) is 80.8 Å². The summed E-state index contributed by atoms with van der Waals surface area (Å²) >= 11 is 0. The first-order chi connectivity index (χ1) is 18.8. The fourth-order valence-corrected chi connectivity index (χ4v) is 7.18. The maximum Gasteiger partial charge on any atom is 0.244 e. The Labute approximate surface area is 231 Å². The van der Waals surface area contributed by atoms with Crippen LogP contribution in [0.5, 0.6) is 0 Å². The Hall–Kier alpha value is -3.93. The summed E-state index contributed by atoms with van der Waals surface area (Å²) in [6, 6.07) is 0. The Bertz CT molecular complexity index is 1410. The molecule has 3 aliphatic rings. The predicted molar refractivity (Wildman–Crippen MR) is 150 cm³/mol. The van der Waals surface area contributed by atoms with Crippen molar-refractivity contribution in [2.75, 3.05) is 0 Å². The zero-order chi connectivity index (χ0) is 27.0. The lowest BCUT2D eigenvalue weighted by Crippen LogP contribution is -2.37. The molecule has 0 spiro atoms. The van der Waals surface area contributed by atoms with Gasteiger partial charge in [-0.1, -0.05) is 0 Å². The molecule has 5 aromatic rings. The molecular weight excluding hydrogens is 480 g/mol. The average molecular weight is 520 g/mol. The molecule has 8 rings (SSSR count). The molecule has 0 saturated carbocycles. The number of benzene rings is 2. The van der Waals surface area contributed by atoms with E-state index in [1.807, 2.05) is 0 Å². The molecule has 12 bridgehead atoms. The number of rotatable bonds is 0. The first-order valence-corrected chi connectivity index (χ1v) is 14.1. The van der Waals surface area contributed by atoms with Gasteiger partial charge in [0.1, 0.15) is 76.4 Å². The van der Waals surface area contributed by atoms with Gasteiger partial charge >= 0.3 is 0 Å². The minimum atomic E-state index is 0.880. The van der Waals surface area contributed by atoms with Gasteiger partial charge in [-0.15, -0.1) is 0 Å². The van der Waals surface area contributed by atoms with Crippen LogP contribution in [0.2, 0.25) is 0 Å². The highest BCUT2D eigenvalue weighted by Crippen LogP contribution is 2.31. The van der Waals surface area contributed by atoms with Gasteiger partial charge in [-0.3, -0.25) is 0 Å². The molecular formula is C33H39N6+3. The van der Waals surface area contributed by atoms with Crippen molar-refractivity contribution in [3.05, 3.63) is 123 Å². The van der Waals surface area contributed by atoms with Crippen LogP contribution in [-0.4, -0.2) is 13.7 Å². The number of aromatic nitrogens is 6. The molecule has 0 N–H and O–H groups in total. The summed E-state index contributed by atoms with van der Waals surface area (Å²) < 4.78 is 14.2. The first kappa shape index (κ1) is 24.1. The van der Waals surface area contributed by atoms with Gasteiger partial charge < -0.3 is 0 Å². The molecule has 6 nitrogen and oxygen atoms in total. The number of imidazole rings is 3. The summed E-state index contributed by atoms with van der Waals surface area (Å²) in [6.45, 7) is 19.3. The second-order valence-corrected chi connectivity index (χ2v) is 11.9. The molecule has 0 unspecified atom stereocenters. The number of hydrogen-bond donors (Lipinski definition) is 0. The highest BCUT2D eigenvalue weighted by Gasteiger charge is 2.26. The molecule has 0 saturated heterocycles. The van der Waals surface area contributed by atoms with E-state index in [0.29, 0.717) is 0 Å². The smallest absolute Gasteiger partial charge is 0.233 e. The molecule has 0 atom stereocenters. The second kappa shape index (κ2) is 8.80. The minimum Gasteiger partial charge on any atom is -0.233 e. The quantitative estimate of drug-likeness (QED) is 0.273. The van der Waals surface area contributed by atoms with E-state index in [2.05, 4.69) is 125 Å². The van der Waals surface area contributed by atoms with Crippen molar-refractivity contribution in [1.29, 1.82) is 0 Å². The van der Waals surface area contributed by atoms with Crippen LogP contribution in [0.25, 0.3) is 0 Å². The summed E-state index contributed by atoms with van der Waals surface area (Å²) in [6.07, 6.45) is 20.4. The maximum atomic E-state index is 2.36. The largest absolute Gasteiger partial charge is 0.244 e. The summed E-state index contributed by atoms with van der Waals surface area (Å²) in [5, 5.41) is 0. The molecule has 3 aromatic heterocycles. The summed E-state index contributed by atoms with van der Waals surface area (Å²) in [5.74, 6) is 0. The Morgan fingerprint density at radius 3 is 0.949 bits per heavy atom. The van der Waals surface area contributed by atoms with Crippen LogP contribution < -0.4 is 13.7 Å². The van der Waals surface area contributed by atoms with Crippen molar-refractivity contribution >= 4 is 0 Å². The molecule has 2 aromatic carbocycles. The van der Waals surface area contributed by atoms with E-state index >= 15 is 0 Å². The van der Waals surface area contributed by atoms with Gasteiger partial charge in [0, 0.05) is 33.4 Å². The van der Waals surface area contributed by atoms with Crippen molar-refractivity contribution in [2.24, 2.45) is 0 Å². The topological polar surface area (TPSA) is 26.4 Å². The molecule has 0 fully saturated rings. The summed E-state index contributed by atoms with van der Waals surface area (Å²) in [7, 11) is 0. The van der Waals surface area contributed by atoms with Crippen LogP contribution in [0.15, 0.2) is 56.2 Å². The third-order valence-corrected chi connectivity index (χ3v) is 9.71. The highest BCUT2D eigenvalue weighted by atomic mass is 15.1. The highest BCUT2D eigenvalue weighted by molar-refractivity contribution is 5.52. The van der Waals surface area contributed by atoms with Crippen molar-refractivity contribution in [3.63, 3.8) is 0 Å². The zero-order valence-electron chi connectivity index (χ0n) is 24.1. The van der Waals surface area contributed by atoms with Gasteiger partial charge in [-0.05, 0) is 74.9 Å². The number of hydrogen-bond acceptors (Lipinski definition) is 0. The molecule has 3 aliphatic heterocycles. The van der Waals surface area contributed by atoms with Gasteiger partial charge in [0.15, 0.2) is 0 Å². The third-order valence-electron chi connectivity index (χ3n) is 9.71. The SMILES string of the molecule is Cc1c2c(C)c3c(C)c1Cn1cc[n+](c1)Cc1c(C)c(c(C)c(c1C)C[n+]1ccn(c1)C3)C[n+]1ccn(c1)C2. The van der Waals surface area contributed by atoms with Crippen LogP contribution >= 0.6 is 0 Å². The Morgan fingerprint density at radius 2 is 0.667 bits per heavy atom. The minimum absolute atomic E-state index is 0.880. The molecule has 0 amide bonds. The second-order valence-electron chi connectivity index (χ2n) is 11.9. The standard InChI is InChI=1S/C33H39N6/c1-22-28-13-34-7-9-37(19-34)16-31-25(4)32-17-38-10-8-35(20-38)14-29(22)24(3)30(23(28)2)15-36-11-12-39(21-36)18-33(26(31)5)27(32)6/h7-12,19-21H,13-18H2,1-6H3/q+3. The van der Waals surface area contributed by atoms with E-state index in [1.54, 1.807) is 0 Å². The van der Waals surface area contributed by atoms with Crippen LogP contribution in [0.4, 0.5) is 0 Å². The van der Waals surface area contributed by atoms with Gasteiger partial charge in [0.05, 0.1) is 0 Å². The van der Waals surface area contributed by atoms with Gasteiger partial charge in [-0.25, -0.2) is 27.4 Å². The lowest BCUT2D eigenvalue weighted by atomic mass is 9.87. The van der Waals surface area contributed by atoms with E-state index < -0.39 is 0 Å². The monoisotopic (exact) mass is 519 g/mol. The van der Waals surface area contributed by atoms with Gasteiger partial charge in [-0.2, -0.15) is 0 Å². The summed E-state index contributed by atoms with van der Waals surface area (Å²) in [5.41, 5.74) is 17.2. The van der Waals surface area contributed by atoms with Crippen LogP contribution in [-0.2, 0) is 39.3 Å². The molecule has 198 valence electrons. The predicted octanol–water partition coefficient (Wildman–Crippen LogP) is 3.72. The summed E-state index contributed by atoms with van der Waals surface area (Å²) in [4.78, 5) is 0. The molecule has 6 heterocycles. The van der Waals surface area contributed by atoms with Gasteiger partial charge in [0.25, 0.3) is 0 Å². The van der Waals surface area contributed by atoms with E-state index in [1.165, 1.54) is 66.8 Å². The lowest BCUT2D eigenvalue weighted by molar-refractivity contribution is -0.690. The maximum absolute atomic E-state index is 2.36. The van der Waals surface area contributed by atoms with E-state index in [0.717, 1.165) is 39.3 Å². The van der Waals surface area contributed by atoms with Crippen LogP contribution in [0.3, 0.4) is 0 Å². The fourth-order valence-electron chi connectivity index (χ4n) is 7.18. The normalized spacial score (nSPS) is 14.3. The average Bonchev–Trinajstić information content (AvgIpc) is 3.66. The van der Waals surface area contributed by atoms with Crippen LogP contribution in [0, 0.1) is 41.5 Å². The first-order valence-electron chi connectivity index (χ1n) is 14.1. The molecule has 0 aliphatic carbocycles. The van der Waals surface area contributed by atoms with E-state index in [-0.39, 0.29) is 0 Å². The van der Waals surface area contributed by atoms with Gasteiger partial charge in [0.2, 0.25) is 19.0 Å². The Kier molecular flexibility index (Phi) is 5.45. The van der Waals surface area contributed by atoms with Crippen molar-refractivity contribution in [1.82, 2.24) is 13.7 Å². The number of nitrogens with zero attached hydrogens (tertiary/aromatic N) is 6. The van der Waals surface area contributed by atoms with E-state index in [4.69, 9.17) is 0 Å². The van der Waals surface area contributed by atoms with Crippen LogP contribution in [0.1, 0.15) is 66.8 Å². The van der Waals surface area contributed by atoms with Crippen molar-refractivity contribution in [3.8, 4) is 0 Å². The fraction of sp³-hybridized carbons (Fsp3) is 0.364. The molecule has 6 heteroatoms. The lowest BCUT2D eigenvalue weighted by Gasteiger charge is -2.21. The Balaban J connectivity index is 1.58. The Morgan fingerprint density at radius 1 is 0.410 bits per heavy atom. The molecule has 0 radical (unpaired) electrons. The van der Waals surface area contributed by atoms with Crippen molar-refractivity contribution < 1.29 is 13.7 Å². The molecule has 39 heavy (non-hydrogen) atoms. The van der Waals surface area contributed by atoms with E-state index in [9.17, 15) is 0 Å².